The third-order valence-electron chi connectivity index (χ3n) is 3.83. The first kappa shape index (κ1) is 15.8. The number of benzene rings is 1. The molecule has 0 saturated heterocycles. The van der Waals surface area contributed by atoms with E-state index in [1.807, 2.05) is 30.3 Å². The Labute approximate surface area is 140 Å². The average Bonchev–Trinajstić information content (AvgIpc) is 2.94. The maximum Gasteiger partial charge on any atom is 0.306 e. The van der Waals surface area contributed by atoms with Crippen LogP contribution in [0.15, 0.2) is 42.7 Å². The molecule has 1 aliphatic rings. The second-order valence-corrected chi connectivity index (χ2v) is 5.94. The summed E-state index contributed by atoms with van der Waals surface area (Å²) in [4.78, 5) is 15.9. The number of ether oxygens (including phenoxy) is 2. The summed E-state index contributed by atoms with van der Waals surface area (Å²) in [6.45, 7) is 0.470. The minimum Gasteiger partial charge on any atom is -0.492 e. The van der Waals surface area contributed by atoms with E-state index < -0.39 is 0 Å². The van der Waals surface area contributed by atoms with Crippen molar-refractivity contribution in [1.29, 1.82) is 0 Å². The molecule has 4 nitrogen and oxygen atoms in total. The molecule has 1 aromatic heterocycles. The van der Waals surface area contributed by atoms with Gasteiger partial charge in [-0.15, -0.1) is 0 Å². The van der Waals surface area contributed by atoms with Gasteiger partial charge in [0.15, 0.2) is 0 Å². The summed E-state index contributed by atoms with van der Waals surface area (Å²) in [6.07, 6.45) is 5.89. The minimum atomic E-state index is -0.187. The van der Waals surface area contributed by atoms with E-state index in [4.69, 9.17) is 21.1 Å². The highest BCUT2D eigenvalue weighted by Crippen LogP contribution is 2.35. The van der Waals surface area contributed by atoms with E-state index in [0.717, 1.165) is 23.4 Å². The molecule has 1 atom stereocenters. The van der Waals surface area contributed by atoms with Gasteiger partial charge < -0.3 is 9.47 Å². The third kappa shape index (κ3) is 4.23. The molecule has 2 aromatic rings. The van der Waals surface area contributed by atoms with Crippen molar-refractivity contribution in [3.63, 3.8) is 0 Å². The molecule has 0 N–H and O–H groups in total. The maximum absolute atomic E-state index is 12.0. The van der Waals surface area contributed by atoms with Gasteiger partial charge in [-0.1, -0.05) is 17.7 Å². The van der Waals surface area contributed by atoms with E-state index in [1.54, 1.807) is 12.4 Å². The van der Waals surface area contributed by atoms with E-state index >= 15 is 0 Å². The van der Waals surface area contributed by atoms with Gasteiger partial charge in [0.05, 0.1) is 12.8 Å². The number of rotatable bonds is 6. The highest BCUT2D eigenvalue weighted by molar-refractivity contribution is 6.30. The quantitative estimate of drug-likeness (QED) is 0.590. The number of carbonyl (C=O) groups excluding carboxylic acids is 1. The molecule has 0 bridgehead atoms. The van der Waals surface area contributed by atoms with Crippen LogP contribution in [0.1, 0.15) is 36.5 Å². The zero-order chi connectivity index (χ0) is 16.1. The Morgan fingerprint density at radius 1 is 1.35 bits per heavy atom. The SMILES string of the molecule is O=C(CCCOc1cccnc1)OC1CCc2cc(Cl)ccc21. The Morgan fingerprint density at radius 2 is 2.26 bits per heavy atom. The summed E-state index contributed by atoms with van der Waals surface area (Å²) in [5.41, 5.74) is 2.25. The Morgan fingerprint density at radius 3 is 3.09 bits per heavy atom. The number of nitrogens with zero attached hydrogens (tertiary/aromatic N) is 1. The van der Waals surface area contributed by atoms with Crippen LogP contribution in [0, 0.1) is 0 Å². The summed E-state index contributed by atoms with van der Waals surface area (Å²) < 4.78 is 11.1. The van der Waals surface area contributed by atoms with Gasteiger partial charge in [-0.25, -0.2) is 0 Å². The van der Waals surface area contributed by atoms with Crippen molar-refractivity contribution >= 4 is 17.6 Å². The highest BCUT2D eigenvalue weighted by Gasteiger charge is 2.25. The van der Waals surface area contributed by atoms with Crippen LogP contribution < -0.4 is 4.74 Å². The van der Waals surface area contributed by atoms with Gasteiger partial charge in [-0.3, -0.25) is 9.78 Å². The number of hydrogen-bond acceptors (Lipinski definition) is 4. The van der Waals surface area contributed by atoms with Crippen LogP contribution in [0.25, 0.3) is 0 Å². The van der Waals surface area contributed by atoms with Crippen LogP contribution in [-0.2, 0) is 16.0 Å². The van der Waals surface area contributed by atoms with Crippen molar-refractivity contribution < 1.29 is 14.3 Å². The standard InChI is InChI=1S/C18H18ClNO3/c19-14-6-7-16-13(11-14)5-8-17(16)23-18(21)4-2-10-22-15-3-1-9-20-12-15/h1,3,6-7,9,11-12,17H,2,4-5,8,10H2. The summed E-state index contributed by atoms with van der Waals surface area (Å²) >= 11 is 5.99. The Kier molecular flexibility index (Phi) is 5.13. The average molecular weight is 332 g/mol. The molecule has 1 aromatic carbocycles. The number of carbonyl (C=O) groups is 1. The van der Waals surface area contributed by atoms with Crippen molar-refractivity contribution in [2.45, 2.75) is 31.8 Å². The van der Waals surface area contributed by atoms with Crippen LogP contribution in [0.5, 0.6) is 5.75 Å². The predicted octanol–water partition coefficient (Wildman–Crippen LogP) is 4.12. The molecule has 1 aliphatic carbocycles. The fraction of sp³-hybridized carbons (Fsp3) is 0.333. The molecule has 120 valence electrons. The molecule has 1 heterocycles. The Bertz CT molecular complexity index is 675. The molecule has 1 unspecified atom stereocenters. The lowest BCUT2D eigenvalue weighted by Crippen LogP contribution is -2.10. The van der Waals surface area contributed by atoms with E-state index in [9.17, 15) is 4.79 Å². The molecule has 5 heteroatoms. The minimum absolute atomic E-state index is 0.144. The zero-order valence-corrected chi connectivity index (χ0v) is 13.5. The van der Waals surface area contributed by atoms with Crippen LogP contribution in [0.2, 0.25) is 5.02 Å². The normalized spacial score (nSPS) is 16.0. The third-order valence-corrected chi connectivity index (χ3v) is 4.06. The number of aromatic nitrogens is 1. The predicted molar refractivity (Wildman–Crippen MR) is 87.6 cm³/mol. The fourth-order valence-corrected chi connectivity index (χ4v) is 2.92. The van der Waals surface area contributed by atoms with Crippen molar-refractivity contribution in [3.05, 3.63) is 58.9 Å². The van der Waals surface area contributed by atoms with Crippen LogP contribution in [-0.4, -0.2) is 17.6 Å². The summed E-state index contributed by atoms with van der Waals surface area (Å²) in [5, 5.41) is 0.725. The highest BCUT2D eigenvalue weighted by atomic mass is 35.5. The topological polar surface area (TPSA) is 48.4 Å². The molecule has 0 spiro atoms. The summed E-state index contributed by atoms with van der Waals surface area (Å²) in [7, 11) is 0. The second-order valence-electron chi connectivity index (χ2n) is 5.50. The summed E-state index contributed by atoms with van der Waals surface area (Å²) in [6, 6.07) is 9.40. The Hall–Kier alpha value is -2.07. The Balaban J connectivity index is 1.42. The summed E-state index contributed by atoms with van der Waals surface area (Å²) in [5.74, 6) is 0.523. The molecule has 0 aliphatic heterocycles. The number of fused-ring (bicyclic) bond motifs is 1. The fourth-order valence-electron chi connectivity index (χ4n) is 2.73. The molecule has 23 heavy (non-hydrogen) atoms. The monoisotopic (exact) mass is 331 g/mol. The second kappa shape index (κ2) is 7.47. The number of esters is 1. The lowest BCUT2D eigenvalue weighted by molar-refractivity contribution is -0.149. The zero-order valence-electron chi connectivity index (χ0n) is 12.7. The molecular formula is C18H18ClNO3. The molecule has 0 radical (unpaired) electrons. The van der Waals surface area contributed by atoms with Gasteiger partial charge >= 0.3 is 5.97 Å². The van der Waals surface area contributed by atoms with Gasteiger partial charge in [0.25, 0.3) is 0 Å². The van der Waals surface area contributed by atoms with Gasteiger partial charge in [0.1, 0.15) is 11.9 Å². The van der Waals surface area contributed by atoms with Crippen molar-refractivity contribution in [3.8, 4) is 5.75 Å². The van der Waals surface area contributed by atoms with Gasteiger partial charge in [0, 0.05) is 17.6 Å². The first-order valence-corrected chi connectivity index (χ1v) is 8.11. The lowest BCUT2D eigenvalue weighted by Gasteiger charge is -2.13. The number of hydrogen-bond donors (Lipinski definition) is 0. The van der Waals surface area contributed by atoms with Gasteiger partial charge in [-0.2, -0.15) is 0 Å². The molecular weight excluding hydrogens is 314 g/mol. The maximum atomic E-state index is 12.0. The number of pyridine rings is 1. The first-order chi connectivity index (χ1) is 11.2. The molecule has 0 fully saturated rings. The van der Waals surface area contributed by atoms with Gasteiger partial charge in [0.2, 0.25) is 0 Å². The van der Waals surface area contributed by atoms with E-state index in [2.05, 4.69) is 4.98 Å². The van der Waals surface area contributed by atoms with Crippen LogP contribution in [0.3, 0.4) is 0 Å². The molecule has 0 amide bonds. The smallest absolute Gasteiger partial charge is 0.306 e. The largest absolute Gasteiger partial charge is 0.492 e. The lowest BCUT2D eigenvalue weighted by atomic mass is 10.1. The van der Waals surface area contributed by atoms with E-state index in [1.165, 1.54) is 5.56 Å². The van der Waals surface area contributed by atoms with Crippen molar-refractivity contribution in [2.24, 2.45) is 0 Å². The molecule has 3 rings (SSSR count). The van der Waals surface area contributed by atoms with Crippen molar-refractivity contribution in [1.82, 2.24) is 4.98 Å². The number of aryl methyl sites for hydroxylation is 1. The van der Waals surface area contributed by atoms with E-state index in [-0.39, 0.29) is 12.1 Å². The van der Waals surface area contributed by atoms with E-state index in [0.29, 0.717) is 25.2 Å². The first-order valence-electron chi connectivity index (χ1n) is 7.73. The van der Waals surface area contributed by atoms with Crippen molar-refractivity contribution in [2.75, 3.05) is 6.61 Å². The van der Waals surface area contributed by atoms with Crippen LogP contribution >= 0.6 is 11.6 Å². The van der Waals surface area contributed by atoms with Crippen LogP contribution in [0.4, 0.5) is 0 Å². The molecule has 0 saturated carbocycles. The van der Waals surface area contributed by atoms with Gasteiger partial charge in [-0.05, 0) is 54.7 Å². The number of halogens is 1.